The molecule has 0 saturated carbocycles. The van der Waals surface area contributed by atoms with Crippen molar-refractivity contribution >= 4 is 21.8 Å². The lowest BCUT2D eigenvalue weighted by Crippen LogP contribution is -1.91. The zero-order valence-corrected chi connectivity index (χ0v) is 14.4. The van der Waals surface area contributed by atoms with Gasteiger partial charge in [-0.15, -0.1) is 0 Å². The van der Waals surface area contributed by atoms with E-state index in [0.29, 0.717) is 17.0 Å². The summed E-state index contributed by atoms with van der Waals surface area (Å²) < 4.78 is 6.15. The number of para-hydroxylation sites is 3. The SMILES string of the molecule is Oc1[nH]c2ccccc2c1-c1cc(Oc2ccccc2)c2ccccc2n1. The van der Waals surface area contributed by atoms with E-state index in [1.54, 1.807) is 0 Å². The number of nitrogens with one attached hydrogen (secondary N) is 1. The summed E-state index contributed by atoms with van der Waals surface area (Å²) in [5, 5.41) is 12.3. The van der Waals surface area contributed by atoms with Gasteiger partial charge in [0.2, 0.25) is 0 Å². The molecule has 2 heterocycles. The Bertz CT molecular complexity index is 1260. The molecule has 2 N–H and O–H groups in total. The molecule has 0 aliphatic rings. The van der Waals surface area contributed by atoms with E-state index in [1.165, 1.54) is 0 Å². The summed E-state index contributed by atoms with van der Waals surface area (Å²) in [5.41, 5.74) is 3.01. The van der Waals surface area contributed by atoms with E-state index in [0.717, 1.165) is 27.6 Å². The second-order valence-electron chi connectivity index (χ2n) is 6.33. The zero-order chi connectivity index (χ0) is 18.2. The Balaban J connectivity index is 1.75. The number of benzene rings is 3. The van der Waals surface area contributed by atoms with Crippen molar-refractivity contribution in [2.24, 2.45) is 0 Å². The van der Waals surface area contributed by atoms with Gasteiger partial charge in [-0.05, 0) is 30.3 Å². The van der Waals surface area contributed by atoms with Gasteiger partial charge in [-0.2, -0.15) is 0 Å². The maximum absolute atomic E-state index is 10.5. The van der Waals surface area contributed by atoms with E-state index >= 15 is 0 Å². The predicted molar refractivity (Wildman–Crippen MR) is 107 cm³/mol. The van der Waals surface area contributed by atoms with Crippen LogP contribution in [0.5, 0.6) is 17.4 Å². The van der Waals surface area contributed by atoms with Crippen molar-refractivity contribution in [1.29, 1.82) is 0 Å². The highest BCUT2D eigenvalue weighted by atomic mass is 16.5. The molecule has 130 valence electrons. The van der Waals surface area contributed by atoms with Crippen LogP contribution in [0.3, 0.4) is 0 Å². The van der Waals surface area contributed by atoms with Gasteiger partial charge in [0.25, 0.3) is 0 Å². The molecule has 0 spiro atoms. The van der Waals surface area contributed by atoms with Crippen LogP contribution in [0.1, 0.15) is 0 Å². The Labute approximate surface area is 155 Å². The first kappa shape index (κ1) is 15.5. The number of hydrogen-bond acceptors (Lipinski definition) is 3. The maximum atomic E-state index is 10.5. The first-order valence-corrected chi connectivity index (χ1v) is 8.72. The second-order valence-corrected chi connectivity index (χ2v) is 6.33. The average molecular weight is 352 g/mol. The van der Waals surface area contributed by atoms with Crippen molar-refractivity contribution in [3.63, 3.8) is 0 Å². The van der Waals surface area contributed by atoms with Crippen molar-refractivity contribution in [2.45, 2.75) is 0 Å². The quantitative estimate of drug-likeness (QED) is 0.426. The molecule has 3 aromatic carbocycles. The van der Waals surface area contributed by atoms with Crippen molar-refractivity contribution in [3.05, 3.63) is 84.9 Å². The third-order valence-corrected chi connectivity index (χ3v) is 4.59. The number of fused-ring (bicyclic) bond motifs is 2. The highest BCUT2D eigenvalue weighted by Crippen LogP contribution is 2.39. The molecule has 0 saturated heterocycles. The van der Waals surface area contributed by atoms with Crippen LogP contribution in [0, 0.1) is 0 Å². The molecule has 4 nitrogen and oxygen atoms in total. The lowest BCUT2D eigenvalue weighted by molar-refractivity contribution is 0.460. The van der Waals surface area contributed by atoms with E-state index in [4.69, 9.17) is 9.72 Å². The first-order valence-electron chi connectivity index (χ1n) is 8.72. The number of pyridine rings is 1. The van der Waals surface area contributed by atoms with Crippen molar-refractivity contribution in [1.82, 2.24) is 9.97 Å². The molecule has 2 aromatic heterocycles. The van der Waals surface area contributed by atoms with E-state index in [-0.39, 0.29) is 5.88 Å². The summed E-state index contributed by atoms with van der Waals surface area (Å²) in [4.78, 5) is 7.79. The Kier molecular flexibility index (Phi) is 3.54. The molecule has 0 amide bonds. The topological polar surface area (TPSA) is 58.1 Å². The lowest BCUT2D eigenvalue weighted by Gasteiger charge is -2.11. The smallest absolute Gasteiger partial charge is 0.199 e. The second kappa shape index (κ2) is 6.18. The molecule has 0 fully saturated rings. The molecule has 0 radical (unpaired) electrons. The summed E-state index contributed by atoms with van der Waals surface area (Å²) in [6.07, 6.45) is 0. The van der Waals surface area contributed by atoms with Crippen LogP contribution in [0.4, 0.5) is 0 Å². The van der Waals surface area contributed by atoms with Gasteiger partial charge in [-0.25, -0.2) is 4.98 Å². The summed E-state index contributed by atoms with van der Waals surface area (Å²) >= 11 is 0. The van der Waals surface area contributed by atoms with Crippen LogP contribution in [-0.4, -0.2) is 15.1 Å². The predicted octanol–water partition coefficient (Wildman–Crippen LogP) is 5.88. The average Bonchev–Trinajstić information content (AvgIpc) is 3.04. The summed E-state index contributed by atoms with van der Waals surface area (Å²) in [5.74, 6) is 1.55. The van der Waals surface area contributed by atoms with Gasteiger partial charge < -0.3 is 14.8 Å². The molecule has 4 heteroatoms. The van der Waals surface area contributed by atoms with Crippen molar-refractivity contribution < 1.29 is 9.84 Å². The molecule has 5 rings (SSSR count). The van der Waals surface area contributed by atoms with Crippen molar-refractivity contribution in [3.8, 4) is 28.6 Å². The molecule has 5 aromatic rings. The molecule has 0 bridgehead atoms. The maximum Gasteiger partial charge on any atom is 0.199 e. The molecule has 0 aliphatic heterocycles. The number of rotatable bonds is 3. The molecular weight excluding hydrogens is 336 g/mol. The van der Waals surface area contributed by atoms with Gasteiger partial charge in [0.15, 0.2) is 5.88 Å². The summed E-state index contributed by atoms with van der Waals surface area (Å²) in [6.45, 7) is 0. The number of aromatic amines is 1. The van der Waals surface area contributed by atoms with Crippen molar-refractivity contribution in [2.75, 3.05) is 0 Å². The highest BCUT2D eigenvalue weighted by molar-refractivity contribution is 6.00. The van der Waals surface area contributed by atoms with Crippen LogP contribution in [0.15, 0.2) is 84.9 Å². The van der Waals surface area contributed by atoms with Gasteiger partial charge >= 0.3 is 0 Å². The molecule has 0 aliphatic carbocycles. The third kappa shape index (κ3) is 2.68. The molecule has 0 unspecified atom stereocenters. The van der Waals surface area contributed by atoms with E-state index in [2.05, 4.69) is 4.98 Å². The standard InChI is InChI=1S/C23H16N2O2/c26-23-22(17-11-5-7-13-19(17)25-23)20-14-21(27-15-8-2-1-3-9-15)16-10-4-6-12-18(16)24-20/h1-14,25-26H. The molecular formula is C23H16N2O2. The third-order valence-electron chi connectivity index (χ3n) is 4.59. The van der Waals surface area contributed by atoms with Gasteiger partial charge in [0, 0.05) is 22.4 Å². The number of aromatic nitrogens is 2. The first-order chi connectivity index (χ1) is 13.3. The Morgan fingerprint density at radius 2 is 1.48 bits per heavy atom. The highest BCUT2D eigenvalue weighted by Gasteiger charge is 2.17. The largest absolute Gasteiger partial charge is 0.494 e. The number of ether oxygens (including phenoxy) is 1. The Morgan fingerprint density at radius 1 is 0.778 bits per heavy atom. The monoisotopic (exact) mass is 352 g/mol. The fourth-order valence-corrected chi connectivity index (χ4v) is 3.36. The molecule has 0 atom stereocenters. The van der Waals surface area contributed by atoms with Crippen LogP contribution >= 0.6 is 0 Å². The Hall–Kier alpha value is -3.79. The normalized spacial score (nSPS) is 11.1. The van der Waals surface area contributed by atoms with E-state index in [9.17, 15) is 5.11 Å². The molecule has 27 heavy (non-hydrogen) atoms. The van der Waals surface area contributed by atoms with E-state index < -0.39 is 0 Å². The Morgan fingerprint density at radius 3 is 2.33 bits per heavy atom. The minimum atomic E-state index is 0.102. The summed E-state index contributed by atoms with van der Waals surface area (Å²) in [7, 11) is 0. The van der Waals surface area contributed by atoms with Crippen LogP contribution in [0.25, 0.3) is 33.1 Å². The zero-order valence-electron chi connectivity index (χ0n) is 14.4. The summed E-state index contributed by atoms with van der Waals surface area (Å²) in [6, 6.07) is 27.1. The van der Waals surface area contributed by atoms with Gasteiger partial charge in [-0.3, -0.25) is 0 Å². The number of aromatic hydroxyl groups is 1. The minimum absolute atomic E-state index is 0.102. The van der Waals surface area contributed by atoms with Gasteiger partial charge in [0.05, 0.1) is 16.8 Å². The number of H-pyrrole nitrogens is 1. The van der Waals surface area contributed by atoms with Crippen LogP contribution in [-0.2, 0) is 0 Å². The number of hydrogen-bond donors (Lipinski definition) is 2. The van der Waals surface area contributed by atoms with E-state index in [1.807, 2.05) is 84.9 Å². The minimum Gasteiger partial charge on any atom is -0.494 e. The number of nitrogens with zero attached hydrogens (tertiary/aromatic N) is 1. The lowest BCUT2D eigenvalue weighted by atomic mass is 10.1. The van der Waals surface area contributed by atoms with Gasteiger partial charge in [0.1, 0.15) is 11.5 Å². The fraction of sp³-hybridized carbons (Fsp3) is 0. The van der Waals surface area contributed by atoms with Crippen LogP contribution < -0.4 is 4.74 Å². The fourth-order valence-electron chi connectivity index (χ4n) is 3.36. The van der Waals surface area contributed by atoms with Gasteiger partial charge in [-0.1, -0.05) is 48.5 Å². The van der Waals surface area contributed by atoms with Crippen LogP contribution in [0.2, 0.25) is 0 Å².